The first-order valence-electron chi connectivity index (χ1n) is 7.13. The van der Waals surface area contributed by atoms with Gasteiger partial charge in [-0.3, -0.25) is 4.40 Å². The smallest absolute Gasteiger partial charge is 0.242 e. The van der Waals surface area contributed by atoms with Crippen molar-refractivity contribution in [3.8, 4) is 11.6 Å². The van der Waals surface area contributed by atoms with Crippen molar-refractivity contribution in [3.05, 3.63) is 59.9 Å². The molecule has 0 saturated heterocycles. The van der Waals surface area contributed by atoms with Crippen LogP contribution in [0.4, 0.5) is 0 Å². The average molecular weight is 281 g/mol. The Labute approximate surface area is 124 Å². The third-order valence-corrected chi connectivity index (χ3v) is 3.53. The zero-order valence-corrected chi connectivity index (χ0v) is 12.3. The molecule has 2 N–H and O–H groups in total. The molecular weight excluding hydrogens is 262 g/mol. The molecule has 1 aromatic carbocycles. The largest absolute Gasteiger partial charge is 0.437 e. The van der Waals surface area contributed by atoms with Gasteiger partial charge in [-0.25, -0.2) is 0 Å². The first-order chi connectivity index (χ1) is 10.2. The van der Waals surface area contributed by atoms with Crippen molar-refractivity contribution in [2.24, 2.45) is 5.73 Å². The molecule has 2 heterocycles. The first-order valence-corrected chi connectivity index (χ1v) is 7.13. The van der Waals surface area contributed by atoms with Crippen LogP contribution in [-0.4, -0.2) is 9.38 Å². The molecule has 0 saturated carbocycles. The summed E-state index contributed by atoms with van der Waals surface area (Å²) in [7, 11) is 0. The molecule has 4 heteroatoms. The van der Waals surface area contributed by atoms with Gasteiger partial charge in [-0.05, 0) is 29.7 Å². The van der Waals surface area contributed by atoms with Crippen molar-refractivity contribution in [3.63, 3.8) is 0 Å². The highest BCUT2D eigenvalue weighted by atomic mass is 16.5. The van der Waals surface area contributed by atoms with Crippen molar-refractivity contribution in [1.29, 1.82) is 0 Å². The van der Waals surface area contributed by atoms with Crippen LogP contribution in [0.15, 0.2) is 48.7 Å². The minimum Gasteiger partial charge on any atom is -0.437 e. The Balaban J connectivity index is 2.06. The van der Waals surface area contributed by atoms with E-state index in [4.69, 9.17) is 10.5 Å². The molecule has 0 spiro atoms. The molecule has 0 amide bonds. The van der Waals surface area contributed by atoms with Gasteiger partial charge in [-0.15, -0.1) is 0 Å². The second kappa shape index (κ2) is 5.58. The van der Waals surface area contributed by atoms with Gasteiger partial charge in [0.15, 0.2) is 0 Å². The van der Waals surface area contributed by atoms with Gasteiger partial charge in [0.05, 0.1) is 0 Å². The van der Waals surface area contributed by atoms with Gasteiger partial charge >= 0.3 is 0 Å². The Bertz CT molecular complexity index is 762. The fourth-order valence-corrected chi connectivity index (χ4v) is 2.45. The van der Waals surface area contributed by atoms with Gasteiger partial charge < -0.3 is 10.5 Å². The number of hydrogen-bond acceptors (Lipinski definition) is 3. The molecule has 4 nitrogen and oxygen atoms in total. The highest BCUT2D eigenvalue weighted by Crippen LogP contribution is 2.31. The summed E-state index contributed by atoms with van der Waals surface area (Å²) in [5, 5.41) is 0. The van der Waals surface area contributed by atoms with Crippen LogP contribution in [0.5, 0.6) is 11.6 Å². The topological polar surface area (TPSA) is 52.5 Å². The molecule has 0 radical (unpaired) electrons. The highest BCUT2D eigenvalue weighted by Gasteiger charge is 2.15. The fourth-order valence-electron chi connectivity index (χ4n) is 2.45. The molecule has 3 aromatic rings. The van der Waals surface area contributed by atoms with Crippen LogP contribution < -0.4 is 10.5 Å². The maximum atomic E-state index is 6.07. The Hall–Kier alpha value is -2.33. The quantitative estimate of drug-likeness (QED) is 0.793. The summed E-state index contributed by atoms with van der Waals surface area (Å²) in [6.07, 6.45) is 1.95. The van der Waals surface area contributed by atoms with Crippen LogP contribution in [0, 0.1) is 0 Å². The molecule has 0 atom stereocenters. The van der Waals surface area contributed by atoms with E-state index in [0.717, 1.165) is 22.7 Å². The molecular formula is C17H19N3O. The van der Waals surface area contributed by atoms with Gasteiger partial charge in [0.2, 0.25) is 5.88 Å². The zero-order chi connectivity index (χ0) is 14.8. The number of rotatable bonds is 4. The van der Waals surface area contributed by atoms with E-state index >= 15 is 0 Å². The number of pyridine rings is 1. The van der Waals surface area contributed by atoms with Crippen LogP contribution in [-0.2, 0) is 6.54 Å². The molecule has 2 aromatic heterocycles. The van der Waals surface area contributed by atoms with E-state index in [1.54, 1.807) is 0 Å². The van der Waals surface area contributed by atoms with Crippen molar-refractivity contribution >= 4 is 5.65 Å². The Morgan fingerprint density at radius 3 is 2.67 bits per heavy atom. The van der Waals surface area contributed by atoms with Gasteiger partial charge in [-0.2, -0.15) is 4.98 Å². The number of fused-ring (bicyclic) bond motifs is 1. The van der Waals surface area contributed by atoms with Crippen LogP contribution >= 0.6 is 0 Å². The third kappa shape index (κ3) is 2.50. The van der Waals surface area contributed by atoms with Crippen molar-refractivity contribution in [1.82, 2.24) is 9.38 Å². The number of para-hydroxylation sites is 1. The second-order valence-electron chi connectivity index (χ2n) is 5.29. The molecule has 0 fully saturated rings. The normalized spacial score (nSPS) is 11.2. The van der Waals surface area contributed by atoms with E-state index in [-0.39, 0.29) is 0 Å². The Morgan fingerprint density at radius 1 is 1.14 bits per heavy atom. The number of aromatic nitrogens is 2. The summed E-state index contributed by atoms with van der Waals surface area (Å²) in [4.78, 5) is 4.54. The van der Waals surface area contributed by atoms with E-state index in [2.05, 4.69) is 24.9 Å². The van der Waals surface area contributed by atoms with Crippen molar-refractivity contribution < 1.29 is 4.74 Å². The predicted octanol–water partition coefficient (Wildman–Crippen LogP) is 3.71. The molecule has 0 bridgehead atoms. The maximum Gasteiger partial charge on any atom is 0.242 e. The summed E-state index contributed by atoms with van der Waals surface area (Å²) < 4.78 is 8.03. The molecule has 0 aliphatic rings. The van der Waals surface area contributed by atoms with E-state index in [1.165, 1.54) is 0 Å². The highest BCUT2D eigenvalue weighted by molar-refractivity contribution is 5.47. The number of ether oxygens (including phenoxy) is 1. The van der Waals surface area contributed by atoms with Crippen LogP contribution in [0.2, 0.25) is 0 Å². The third-order valence-electron chi connectivity index (χ3n) is 3.53. The van der Waals surface area contributed by atoms with E-state index < -0.39 is 0 Å². The Morgan fingerprint density at radius 2 is 1.90 bits per heavy atom. The second-order valence-corrected chi connectivity index (χ2v) is 5.29. The lowest BCUT2D eigenvalue weighted by atomic mass is 10.0. The van der Waals surface area contributed by atoms with Crippen molar-refractivity contribution in [2.75, 3.05) is 0 Å². The molecule has 21 heavy (non-hydrogen) atoms. The molecule has 0 aliphatic heterocycles. The summed E-state index contributed by atoms with van der Waals surface area (Å²) in [6, 6.07) is 13.9. The molecule has 3 rings (SSSR count). The van der Waals surface area contributed by atoms with Gasteiger partial charge in [0.1, 0.15) is 17.1 Å². The summed E-state index contributed by atoms with van der Waals surface area (Å²) in [5.74, 6) is 1.81. The zero-order valence-electron chi connectivity index (χ0n) is 12.3. The maximum absolute atomic E-state index is 6.07. The lowest BCUT2D eigenvalue weighted by molar-refractivity contribution is 0.451. The summed E-state index contributed by atoms with van der Waals surface area (Å²) in [5.41, 5.74) is 8.76. The number of nitrogens with two attached hydrogens (primary N) is 1. The minimum atomic E-state index is 0.379. The first kappa shape index (κ1) is 13.6. The number of hydrogen-bond donors (Lipinski definition) is 1. The fraction of sp³-hybridized carbons (Fsp3) is 0.235. The average Bonchev–Trinajstić information content (AvgIpc) is 2.84. The lowest BCUT2D eigenvalue weighted by Crippen LogP contribution is -2.03. The van der Waals surface area contributed by atoms with Gasteiger partial charge in [-0.1, -0.05) is 38.1 Å². The van der Waals surface area contributed by atoms with Crippen LogP contribution in [0.3, 0.4) is 0 Å². The number of imidazole rings is 1. The SMILES string of the molecule is CC(C)c1ccccc1Oc1nc2ccccn2c1CN. The minimum absolute atomic E-state index is 0.379. The van der Waals surface area contributed by atoms with Gasteiger partial charge in [0.25, 0.3) is 0 Å². The van der Waals surface area contributed by atoms with E-state index in [9.17, 15) is 0 Å². The lowest BCUT2D eigenvalue weighted by Gasteiger charge is -2.12. The number of benzene rings is 1. The molecule has 0 unspecified atom stereocenters. The monoisotopic (exact) mass is 281 g/mol. The van der Waals surface area contributed by atoms with Crippen LogP contribution in [0.25, 0.3) is 5.65 Å². The summed E-state index contributed by atoms with van der Waals surface area (Å²) in [6.45, 7) is 4.68. The predicted molar refractivity (Wildman–Crippen MR) is 83.7 cm³/mol. The van der Waals surface area contributed by atoms with Crippen LogP contribution in [0.1, 0.15) is 31.0 Å². The standard InChI is InChI=1S/C17H19N3O/c1-12(2)13-7-3-4-8-15(13)21-17-14(11-18)20-10-6-5-9-16(20)19-17/h3-10,12H,11,18H2,1-2H3. The van der Waals surface area contributed by atoms with E-state index in [1.807, 2.05) is 47.0 Å². The number of nitrogens with zero attached hydrogens (tertiary/aromatic N) is 2. The summed E-state index contributed by atoms with van der Waals surface area (Å²) >= 11 is 0. The van der Waals surface area contributed by atoms with E-state index in [0.29, 0.717) is 18.3 Å². The Kier molecular flexibility index (Phi) is 3.62. The van der Waals surface area contributed by atoms with Gasteiger partial charge in [0, 0.05) is 12.7 Å². The van der Waals surface area contributed by atoms with Crippen molar-refractivity contribution in [2.45, 2.75) is 26.3 Å². The molecule has 108 valence electrons. The molecule has 0 aliphatic carbocycles.